The second kappa shape index (κ2) is 8.92. The summed E-state index contributed by atoms with van der Waals surface area (Å²) in [5.74, 6) is 0. The van der Waals surface area contributed by atoms with Gasteiger partial charge in [0.1, 0.15) is 0 Å². The van der Waals surface area contributed by atoms with Gasteiger partial charge in [0.15, 0.2) is 0 Å². The van der Waals surface area contributed by atoms with Crippen molar-refractivity contribution in [3.05, 3.63) is 0 Å². The summed E-state index contributed by atoms with van der Waals surface area (Å²) in [5, 5.41) is 3.74. The Labute approximate surface area is 115 Å². The lowest BCUT2D eigenvalue weighted by atomic mass is 10.0. The number of hydrogen-bond acceptors (Lipinski definition) is 2. The molecule has 2 heteroatoms. The second-order valence-corrected chi connectivity index (χ2v) is 5.86. The van der Waals surface area contributed by atoms with Crippen molar-refractivity contribution in [3.63, 3.8) is 0 Å². The van der Waals surface area contributed by atoms with Crippen LogP contribution in [0.4, 0.5) is 0 Å². The number of rotatable bonds is 7. The topological polar surface area (TPSA) is 15.3 Å². The van der Waals surface area contributed by atoms with Crippen LogP contribution in [0.15, 0.2) is 0 Å². The van der Waals surface area contributed by atoms with Crippen LogP contribution in [-0.2, 0) is 0 Å². The fourth-order valence-corrected chi connectivity index (χ4v) is 3.39. The van der Waals surface area contributed by atoms with Gasteiger partial charge in [-0.2, -0.15) is 0 Å². The van der Waals surface area contributed by atoms with Gasteiger partial charge in [-0.05, 0) is 52.1 Å². The Morgan fingerprint density at radius 1 is 1.17 bits per heavy atom. The molecule has 1 fully saturated rings. The molecular formula is C16H34N2. The highest BCUT2D eigenvalue weighted by Crippen LogP contribution is 2.23. The van der Waals surface area contributed by atoms with Crippen molar-refractivity contribution in [3.8, 4) is 0 Å². The third kappa shape index (κ3) is 4.55. The molecule has 108 valence electrons. The van der Waals surface area contributed by atoms with E-state index < -0.39 is 0 Å². The van der Waals surface area contributed by atoms with E-state index in [2.05, 4.69) is 37.9 Å². The predicted molar refractivity (Wildman–Crippen MR) is 81.1 cm³/mol. The minimum atomic E-state index is 0.664. The summed E-state index contributed by atoms with van der Waals surface area (Å²) in [4.78, 5) is 2.80. The summed E-state index contributed by atoms with van der Waals surface area (Å²) in [5.41, 5.74) is 0. The molecule has 0 saturated carbocycles. The van der Waals surface area contributed by atoms with E-state index in [0.29, 0.717) is 12.1 Å². The molecule has 1 rings (SSSR count). The van der Waals surface area contributed by atoms with Crippen molar-refractivity contribution in [2.45, 2.75) is 90.8 Å². The smallest absolute Gasteiger partial charge is 0.0223 e. The minimum absolute atomic E-state index is 0.664. The maximum absolute atomic E-state index is 3.74. The van der Waals surface area contributed by atoms with Crippen LogP contribution in [0.3, 0.4) is 0 Å². The van der Waals surface area contributed by atoms with Gasteiger partial charge in [0.2, 0.25) is 0 Å². The molecular weight excluding hydrogens is 220 g/mol. The molecule has 1 saturated heterocycles. The Morgan fingerprint density at radius 2 is 1.94 bits per heavy atom. The number of nitrogens with one attached hydrogen (secondary N) is 1. The highest BCUT2D eigenvalue weighted by atomic mass is 15.2. The van der Waals surface area contributed by atoms with Crippen molar-refractivity contribution in [1.29, 1.82) is 0 Å². The molecule has 0 aromatic carbocycles. The van der Waals surface area contributed by atoms with E-state index in [1.165, 1.54) is 51.5 Å². The van der Waals surface area contributed by atoms with E-state index in [0.717, 1.165) is 12.6 Å². The molecule has 0 aliphatic carbocycles. The summed E-state index contributed by atoms with van der Waals surface area (Å²) >= 11 is 0. The lowest BCUT2D eigenvalue weighted by Gasteiger charge is -2.39. The molecule has 1 aliphatic rings. The van der Waals surface area contributed by atoms with E-state index in [4.69, 9.17) is 0 Å². The quantitative estimate of drug-likeness (QED) is 0.743. The van der Waals surface area contributed by atoms with Gasteiger partial charge in [0, 0.05) is 18.1 Å². The molecule has 2 nitrogen and oxygen atoms in total. The fraction of sp³-hybridized carbons (Fsp3) is 1.00. The van der Waals surface area contributed by atoms with Gasteiger partial charge in [-0.3, -0.25) is 4.90 Å². The van der Waals surface area contributed by atoms with Crippen LogP contribution >= 0.6 is 0 Å². The Morgan fingerprint density at radius 3 is 2.56 bits per heavy atom. The average molecular weight is 254 g/mol. The Bertz CT molecular complexity index is 205. The Balaban J connectivity index is 2.61. The monoisotopic (exact) mass is 254 g/mol. The van der Waals surface area contributed by atoms with Crippen molar-refractivity contribution in [2.75, 3.05) is 13.1 Å². The lowest BCUT2D eigenvalue weighted by Crippen LogP contribution is -2.52. The standard InChI is InChI=1S/C16H34N2/c1-5-12-17-16(7-3)14(4)18-13-10-8-9-11-15(18)6-2/h14-17H,5-13H2,1-4H3. The molecule has 3 unspecified atom stereocenters. The number of nitrogens with zero attached hydrogens (tertiary/aromatic N) is 1. The largest absolute Gasteiger partial charge is 0.312 e. The number of hydrogen-bond donors (Lipinski definition) is 1. The van der Waals surface area contributed by atoms with Gasteiger partial charge in [0.25, 0.3) is 0 Å². The molecule has 1 aliphatic heterocycles. The minimum Gasteiger partial charge on any atom is -0.312 e. The first-order chi connectivity index (χ1) is 8.74. The fourth-order valence-electron chi connectivity index (χ4n) is 3.39. The third-order valence-electron chi connectivity index (χ3n) is 4.60. The first-order valence-electron chi connectivity index (χ1n) is 8.23. The molecule has 0 aromatic rings. The molecule has 0 radical (unpaired) electrons. The molecule has 0 amide bonds. The maximum Gasteiger partial charge on any atom is 0.0223 e. The Hall–Kier alpha value is -0.0800. The summed E-state index contributed by atoms with van der Waals surface area (Å²) in [6.45, 7) is 11.8. The summed E-state index contributed by atoms with van der Waals surface area (Å²) in [7, 11) is 0. The summed E-state index contributed by atoms with van der Waals surface area (Å²) in [6, 6.07) is 2.17. The number of likely N-dealkylation sites (tertiary alicyclic amines) is 1. The molecule has 3 atom stereocenters. The molecule has 0 bridgehead atoms. The van der Waals surface area contributed by atoms with Crippen molar-refractivity contribution >= 4 is 0 Å². The van der Waals surface area contributed by atoms with Crippen LogP contribution in [0.5, 0.6) is 0 Å². The molecule has 1 heterocycles. The Kier molecular flexibility index (Phi) is 7.92. The first-order valence-corrected chi connectivity index (χ1v) is 8.23. The van der Waals surface area contributed by atoms with Crippen molar-refractivity contribution < 1.29 is 0 Å². The zero-order valence-corrected chi connectivity index (χ0v) is 13.0. The highest BCUT2D eigenvalue weighted by Gasteiger charge is 2.27. The van der Waals surface area contributed by atoms with Gasteiger partial charge < -0.3 is 5.32 Å². The van der Waals surface area contributed by atoms with Gasteiger partial charge in [-0.15, -0.1) is 0 Å². The van der Waals surface area contributed by atoms with E-state index >= 15 is 0 Å². The zero-order valence-electron chi connectivity index (χ0n) is 13.0. The normalized spacial score (nSPS) is 25.7. The predicted octanol–water partition coefficient (Wildman–Crippen LogP) is 3.81. The van der Waals surface area contributed by atoms with E-state index in [-0.39, 0.29) is 0 Å². The average Bonchev–Trinajstić information content (AvgIpc) is 2.64. The van der Waals surface area contributed by atoms with Gasteiger partial charge in [-0.25, -0.2) is 0 Å². The van der Waals surface area contributed by atoms with E-state index in [1.54, 1.807) is 0 Å². The van der Waals surface area contributed by atoms with Crippen LogP contribution in [0.2, 0.25) is 0 Å². The van der Waals surface area contributed by atoms with Gasteiger partial charge in [0.05, 0.1) is 0 Å². The molecule has 0 aromatic heterocycles. The van der Waals surface area contributed by atoms with Gasteiger partial charge in [-0.1, -0.05) is 33.6 Å². The summed E-state index contributed by atoms with van der Waals surface area (Å²) < 4.78 is 0. The van der Waals surface area contributed by atoms with Crippen LogP contribution in [0, 0.1) is 0 Å². The highest BCUT2D eigenvalue weighted by molar-refractivity contribution is 4.85. The first kappa shape index (κ1) is 16.0. The van der Waals surface area contributed by atoms with Crippen LogP contribution in [0.1, 0.15) is 72.6 Å². The second-order valence-electron chi connectivity index (χ2n) is 5.86. The SMILES string of the molecule is CCCNC(CC)C(C)N1CCCCCC1CC. The van der Waals surface area contributed by atoms with Crippen LogP contribution in [-0.4, -0.2) is 36.1 Å². The van der Waals surface area contributed by atoms with Gasteiger partial charge >= 0.3 is 0 Å². The van der Waals surface area contributed by atoms with Crippen molar-refractivity contribution in [2.24, 2.45) is 0 Å². The lowest BCUT2D eigenvalue weighted by molar-refractivity contribution is 0.112. The maximum atomic E-state index is 3.74. The summed E-state index contributed by atoms with van der Waals surface area (Å²) in [6.07, 6.45) is 9.46. The molecule has 18 heavy (non-hydrogen) atoms. The molecule has 1 N–H and O–H groups in total. The zero-order chi connectivity index (χ0) is 13.4. The third-order valence-corrected chi connectivity index (χ3v) is 4.60. The van der Waals surface area contributed by atoms with Crippen LogP contribution < -0.4 is 5.32 Å². The van der Waals surface area contributed by atoms with Crippen LogP contribution in [0.25, 0.3) is 0 Å². The van der Waals surface area contributed by atoms with E-state index in [9.17, 15) is 0 Å². The van der Waals surface area contributed by atoms with Crippen molar-refractivity contribution in [1.82, 2.24) is 10.2 Å². The van der Waals surface area contributed by atoms with E-state index in [1.807, 2.05) is 0 Å². The molecule has 0 spiro atoms.